The molecule has 0 saturated heterocycles. The third kappa shape index (κ3) is 347. The first-order valence-corrected chi connectivity index (χ1v) is 4.38. The van der Waals surface area contributed by atoms with E-state index in [2.05, 4.69) is 0 Å². The van der Waals surface area contributed by atoms with Gasteiger partial charge in [0.15, 0.2) is 0 Å². The Bertz CT molecular complexity index is 129. The van der Waals surface area contributed by atoms with Gasteiger partial charge in [-0.2, -0.15) is 15.6 Å². The summed E-state index contributed by atoms with van der Waals surface area (Å²) in [5.74, 6) is 0. The van der Waals surface area contributed by atoms with Crippen LogP contribution in [0.25, 0.3) is 0 Å². The van der Waals surface area contributed by atoms with Crippen molar-refractivity contribution in [2.75, 3.05) is 0 Å². The molecule has 8 nitrogen and oxygen atoms in total. The monoisotopic (exact) mass is 522 g/mol. The Hall–Kier alpha value is 2.06. The van der Waals surface area contributed by atoms with E-state index in [-0.39, 0.29) is 55.7 Å². The van der Waals surface area contributed by atoms with E-state index in [4.69, 9.17) is 38.5 Å². The molecule has 0 aliphatic rings. The van der Waals surface area contributed by atoms with Crippen LogP contribution < -0.4 is 29.4 Å². The first-order valence-electron chi connectivity index (χ1n) is 1.46. The van der Waals surface area contributed by atoms with Gasteiger partial charge in [-0.1, -0.05) is 0 Å². The Morgan fingerprint density at radius 3 is 0.667 bits per heavy atom. The molecule has 0 aromatic heterocycles. The molecule has 70 valence electrons. The normalized spacial score (nSPS) is 9.83. The van der Waals surface area contributed by atoms with E-state index >= 15 is 0 Å². The zero-order valence-corrected chi connectivity index (χ0v) is 12.9. The van der Waals surface area contributed by atoms with Crippen LogP contribution in [0.15, 0.2) is 0 Å². The fourth-order valence-electron chi connectivity index (χ4n) is 0. The maximum absolute atomic E-state index is 8.55. The Balaban J connectivity index is -0.0000000457. The van der Waals surface area contributed by atoms with Crippen molar-refractivity contribution in [1.29, 1.82) is 0 Å². The van der Waals surface area contributed by atoms with Crippen LogP contribution in [0, 0.1) is 35.6 Å². The summed E-state index contributed by atoms with van der Waals surface area (Å²) in [4.78, 5) is 51.3. The number of phosphoric acid groups is 2. The van der Waals surface area contributed by atoms with Crippen LogP contribution in [-0.2, 0) is 29.2 Å². The van der Waals surface area contributed by atoms with E-state index in [1.165, 1.54) is 0 Å². The van der Waals surface area contributed by atoms with Gasteiger partial charge >= 0.3 is 55.7 Å². The van der Waals surface area contributed by atoms with E-state index in [0.717, 1.165) is 0 Å². The van der Waals surface area contributed by atoms with Crippen molar-refractivity contribution in [3.63, 3.8) is 0 Å². The summed E-state index contributed by atoms with van der Waals surface area (Å²) in [7, 11) is -10.8. The molecule has 0 fully saturated rings. The van der Waals surface area contributed by atoms with E-state index in [0.29, 0.717) is 0 Å². The molecule has 0 aromatic rings. The smallest absolute Gasteiger partial charge is 0.822 e. The molecule has 0 aliphatic carbocycles. The van der Waals surface area contributed by atoms with E-state index in [1.54, 1.807) is 0 Å². The molecule has 0 heterocycles. The SMILES string of the molecule is O=P([O-])([O-])[O-].O=P([O-])([O-])[O-].[Ir+3].[La+3]. The maximum atomic E-state index is 8.55. The number of hydrogen-bond donors (Lipinski definition) is 0. The van der Waals surface area contributed by atoms with Gasteiger partial charge < -0.3 is 38.5 Å². The molecule has 0 aliphatic heterocycles. The molecule has 0 atom stereocenters. The molecule has 0 saturated carbocycles. The van der Waals surface area contributed by atoms with Crippen LogP contribution in [0.1, 0.15) is 0 Å². The zero-order chi connectivity index (χ0) is 9.00. The molecule has 0 N–H and O–H groups in total. The molecular weight excluding hydrogens is 521 g/mol. The molecule has 0 bridgehead atoms. The Morgan fingerprint density at radius 2 is 0.667 bits per heavy atom. The zero-order valence-electron chi connectivity index (χ0n) is 5.07. The fraction of sp³-hybridized carbons (Fsp3) is 0. The summed E-state index contributed by atoms with van der Waals surface area (Å²) < 4.78 is 17.1. The van der Waals surface area contributed by atoms with Crippen LogP contribution >= 0.6 is 15.6 Å². The van der Waals surface area contributed by atoms with Crippen LogP contribution in [-0.4, -0.2) is 0 Å². The van der Waals surface area contributed by atoms with Gasteiger partial charge in [0.25, 0.3) is 0 Å². The summed E-state index contributed by atoms with van der Waals surface area (Å²) in [6, 6.07) is 0. The van der Waals surface area contributed by atoms with Crippen molar-refractivity contribution < 1.29 is 94.2 Å². The molecule has 12 heteroatoms. The summed E-state index contributed by atoms with van der Waals surface area (Å²) >= 11 is 0. The summed E-state index contributed by atoms with van der Waals surface area (Å²) in [5, 5.41) is 0. The molecule has 0 spiro atoms. The molecule has 0 aromatic carbocycles. The molecule has 12 heavy (non-hydrogen) atoms. The minimum atomic E-state index is -5.39. The second kappa shape index (κ2) is 9.61. The molecule has 0 unspecified atom stereocenters. The third-order valence-corrected chi connectivity index (χ3v) is 0. The largest absolute Gasteiger partial charge is 3.00 e. The first kappa shape index (κ1) is 23.7. The predicted molar refractivity (Wildman–Crippen MR) is 15.2 cm³/mol. The third-order valence-electron chi connectivity index (χ3n) is 0. The van der Waals surface area contributed by atoms with E-state index < -0.39 is 15.6 Å². The van der Waals surface area contributed by atoms with Crippen LogP contribution in [0.2, 0.25) is 0 Å². The van der Waals surface area contributed by atoms with Crippen molar-refractivity contribution in [2.45, 2.75) is 0 Å². The number of rotatable bonds is 0. The average Bonchev–Trinajstić information content (AvgIpc) is 1.12. The van der Waals surface area contributed by atoms with E-state index in [1.807, 2.05) is 0 Å². The van der Waals surface area contributed by atoms with Gasteiger partial charge in [-0.25, -0.2) is 0 Å². The fourth-order valence-corrected chi connectivity index (χ4v) is 0. The Labute approximate surface area is 109 Å². The second-order valence-corrected chi connectivity index (χ2v) is 2.68. The second-order valence-electron chi connectivity index (χ2n) is 0.894. The minimum Gasteiger partial charge on any atom is -0.822 e. The van der Waals surface area contributed by atoms with Crippen LogP contribution in [0.4, 0.5) is 0 Å². The molecule has 0 radical (unpaired) electrons. The Kier molecular flexibility index (Phi) is 19.0. The van der Waals surface area contributed by atoms with Crippen molar-refractivity contribution in [1.82, 2.24) is 0 Å². The van der Waals surface area contributed by atoms with Gasteiger partial charge in [0.1, 0.15) is 0 Å². The van der Waals surface area contributed by atoms with Gasteiger partial charge in [-0.15, -0.1) is 0 Å². The van der Waals surface area contributed by atoms with Crippen molar-refractivity contribution in [3.05, 3.63) is 0 Å². The van der Waals surface area contributed by atoms with Crippen molar-refractivity contribution in [3.8, 4) is 0 Å². The average molecular weight is 521 g/mol. The van der Waals surface area contributed by atoms with Gasteiger partial charge in [-0.3, -0.25) is 0 Å². The van der Waals surface area contributed by atoms with Gasteiger partial charge in [-0.05, 0) is 0 Å². The van der Waals surface area contributed by atoms with Crippen molar-refractivity contribution in [2.24, 2.45) is 0 Å². The van der Waals surface area contributed by atoms with Crippen molar-refractivity contribution >= 4 is 15.6 Å². The van der Waals surface area contributed by atoms with Gasteiger partial charge in [0.2, 0.25) is 0 Å². The maximum Gasteiger partial charge on any atom is 3.00 e. The minimum absolute atomic E-state index is 0. The summed E-state index contributed by atoms with van der Waals surface area (Å²) in [6.45, 7) is 0. The predicted octanol–water partition coefficient (Wildman–Crippen LogP) is -5.65. The summed E-state index contributed by atoms with van der Waals surface area (Å²) in [5.41, 5.74) is 0. The first-order chi connectivity index (χ1) is 4.00. The molecular formula is IrLaO8P2. The molecule has 0 amide bonds. The Morgan fingerprint density at radius 1 is 0.667 bits per heavy atom. The quantitative estimate of drug-likeness (QED) is 0.284. The van der Waals surface area contributed by atoms with Crippen LogP contribution in [0.5, 0.6) is 0 Å². The van der Waals surface area contributed by atoms with Crippen LogP contribution in [0.3, 0.4) is 0 Å². The number of hydrogen-bond acceptors (Lipinski definition) is 8. The van der Waals surface area contributed by atoms with E-state index in [9.17, 15) is 0 Å². The molecule has 0 rings (SSSR count). The van der Waals surface area contributed by atoms with Gasteiger partial charge in [0, 0.05) is 0 Å². The standard InChI is InChI=1S/Ir.La.2H3O4P/c;;2*1-5(2,3)4/h;;2*(H3,1,2,3,4)/q2*+3;;/p-6. The van der Waals surface area contributed by atoms with Gasteiger partial charge in [0.05, 0.1) is 0 Å². The summed E-state index contributed by atoms with van der Waals surface area (Å²) in [6.07, 6.45) is 0. The topological polar surface area (TPSA) is 172 Å².